The van der Waals surface area contributed by atoms with E-state index in [1.165, 1.54) is 43.6 Å². The van der Waals surface area contributed by atoms with Gasteiger partial charge in [0.25, 0.3) is 0 Å². The summed E-state index contributed by atoms with van der Waals surface area (Å²) < 4.78 is 0. The predicted octanol–water partition coefficient (Wildman–Crippen LogP) is 4.17. The summed E-state index contributed by atoms with van der Waals surface area (Å²) in [5, 5.41) is 5.38. The summed E-state index contributed by atoms with van der Waals surface area (Å²) in [4.78, 5) is 0. The van der Waals surface area contributed by atoms with Crippen LogP contribution < -0.4 is 5.32 Å². The van der Waals surface area contributed by atoms with Gasteiger partial charge in [0.2, 0.25) is 0 Å². The summed E-state index contributed by atoms with van der Waals surface area (Å²) in [6.45, 7) is 8.06. The largest absolute Gasteiger partial charge is 0.313 e. The molecule has 0 bridgehead atoms. The van der Waals surface area contributed by atoms with Crippen molar-refractivity contribution < 1.29 is 0 Å². The average Bonchev–Trinajstić information content (AvgIpc) is 2.34. The number of unbranched alkanes of at least 4 members (excludes halogenated alkanes) is 3. The molecule has 0 aliphatic carbocycles. The Hall–Kier alpha value is 0.660. The molecule has 3 heteroatoms. The van der Waals surface area contributed by atoms with E-state index < -0.39 is 0 Å². The van der Waals surface area contributed by atoms with Crippen molar-refractivity contribution >= 4 is 23.5 Å². The lowest BCUT2D eigenvalue weighted by Gasteiger charge is -2.35. The summed E-state index contributed by atoms with van der Waals surface area (Å²) >= 11 is 4.36. The van der Waals surface area contributed by atoms with Gasteiger partial charge in [0, 0.05) is 28.0 Å². The molecule has 1 nitrogen and oxygen atoms in total. The van der Waals surface area contributed by atoms with Gasteiger partial charge in [-0.1, -0.05) is 46.5 Å². The molecule has 17 heavy (non-hydrogen) atoms. The minimum Gasteiger partial charge on any atom is -0.313 e. The van der Waals surface area contributed by atoms with E-state index in [4.69, 9.17) is 0 Å². The van der Waals surface area contributed by atoms with Gasteiger partial charge in [0.05, 0.1) is 0 Å². The molecule has 1 fully saturated rings. The van der Waals surface area contributed by atoms with Crippen molar-refractivity contribution in [2.45, 2.75) is 69.4 Å². The van der Waals surface area contributed by atoms with Crippen LogP contribution >= 0.6 is 23.5 Å². The van der Waals surface area contributed by atoms with Crippen LogP contribution in [0.5, 0.6) is 0 Å². The lowest BCUT2D eigenvalue weighted by Crippen LogP contribution is -2.44. The fraction of sp³-hybridized carbons (Fsp3) is 1.00. The fourth-order valence-corrected chi connectivity index (χ4v) is 5.53. The molecular weight excluding hydrogens is 246 g/mol. The van der Waals surface area contributed by atoms with Crippen LogP contribution in [0.3, 0.4) is 0 Å². The maximum Gasteiger partial charge on any atom is 0.0317 e. The highest BCUT2D eigenvalue weighted by molar-refractivity contribution is 8.07. The molecule has 1 aliphatic heterocycles. The van der Waals surface area contributed by atoms with Crippen molar-refractivity contribution in [3.05, 3.63) is 0 Å². The number of nitrogens with one attached hydrogen (secondary N) is 1. The Morgan fingerprint density at radius 3 is 2.53 bits per heavy atom. The van der Waals surface area contributed by atoms with Crippen molar-refractivity contribution in [2.24, 2.45) is 0 Å². The molecule has 3 atom stereocenters. The van der Waals surface area contributed by atoms with Gasteiger partial charge in [-0.25, -0.2) is 0 Å². The first-order chi connectivity index (χ1) is 8.29. The second-order valence-corrected chi connectivity index (χ2v) is 7.70. The Bertz CT molecular complexity index is 187. The number of rotatable bonds is 8. The van der Waals surface area contributed by atoms with Crippen molar-refractivity contribution in [2.75, 3.05) is 18.1 Å². The topological polar surface area (TPSA) is 12.0 Å². The standard InChI is InChI=1S/C14H29NS2/c1-4-6-7-8-9-13(15-5-2)14-12(3)16-10-11-17-14/h12-15H,4-11H2,1-3H3. The van der Waals surface area contributed by atoms with Gasteiger partial charge in [-0.2, -0.15) is 23.5 Å². The quantitative estimate of drug-likeness (QED) is 0.668. The molecular formula is C14H29NS2. The lowest BCUT2D eigenvalue weighted by molar-refractivity contribution is 0.449. The first-order valence-corrected chi connectivity index (χ1v) is 9.35. The number of hydrogen-bond donors (Lipinski definition) is 1. The van der Waals surface area contributed by atoms with Crippen LogP contribution in [0.2, 0.25) is 0 Å². The summed E-state index contributed by atoms with van der Waals surface area (Å²) in [6.07, 6.45) is 6.94. The Labute approximate surface area is 116 Å². The van der Waals surface area contributed by atoms with Crippen LogP contribution in [0.15, 0.2) is 0 Å². The normalized spacial score (nSPS) is 27.0. The van der Waals surface area contributed by atoms with Crippen LogP contribution in [-0.2, 0) is 0 Å². The number of hydrogen-bond acceptors (Lipinski definition) is 3. The Morgan fingerprint density at radius 1 is 1.12 bits per heavy atom. The molecule has 0 amide bonds. The van der Waals surface area contributed by atoms with Crippen LogP contribution in [0.4, 0.5) is 0 Å². The van der Waals surface area contributed by atoms with E-state index in [2.05, 4.69) is 49.6 Å². The summed E-state index contributed by atoms with van der Waals surface area (Å²) in [5.41, 5.74) is 0. The molecule has 0 spiro atoms. The summed E-state index contributed by atoms with van der Waals surface area (Å²) in [5.74, 6) is 2.69. The molecule has 1 saturated heterocycles. The van der Waals surface area contributed by atoms with Gasteiger partial charge in [-0.3, -0.25) is 0 Å². The number of thioether (sulfide) groups is 2. The zero-order valence-electron chi connectivity index (χ0n) is 11.7. The zero-order chi connectivity index (χ0) is 12.5. The van der Waals surface area contributed by atoms with Crippen molar-refractivity contribution in [3.8, 4) is 0 Å². The molecule has 1 aliphatic rings. The van der Waals surface area contributed by atoms with E-state index in [1.807, 2.05) is 0 Å². The fourth-order valence-electron chi connectivity index (χ4n) is 2.53. The van der Waals surface area contributed by atoms with E-state index in [9.17, 15) is 0 Å². The van der Waals surface area contributed by atoms with Crippen LogP contribution in [0.25, 0.3) is 0 Å². The highest BCUT2D eigenvalue weighted by atomic mass is 32.2. The molecule has 0 aromatic carbocycles. The molecule has 1 N–H and O–H groups in total. The van der Waals surface area contributed by atoms with Gasteiger partial charge in [-0.05, 0) is 13.0 Å². The summed E-state index contributed by atoms with van der Waals surface area (Å²) in [6, 6.07) is 0.740. The Kier molecular flexibility index (Phi) is 8.85. The van der Waals surface area contributed by atoms with Gasteiger partial charge in [0.1, 0.15) is 0 Å². The smallest absolute Gasteiger partial charge is 0.0317 e. The van der Waals surface area contributed by atoms with Crippen LogP contribution in [0, 0.1) is 0 Å². The monoisotopic (exact) mass is 275 g/mol. The van der Waals surface area contributed by atoms with Gasteiger partial charge >= 0.3 is 0 Å². The Balaban J connectivity index is 2.34. The molecule has 0 saturated carbocycles. The third-order valence-electron chi connectivity index (χ3n) is 3.47. The van der Waals surface area contributed by atoms with E-state index in [-0.39, 0.29) is 0 Å². The van der Waals surface area contributed by atoms with Crippen molar-refractivity contribution in [3.63, 3.8) is 0 Å². The third-order valence-corrected chi connectivity index (χ3v) is 6.72. The van der Waals surface area contributed by atoms with Gasteiger partial charge < -0.3 is 5.32 Å². The van der Waals surface area contributed by atoms with Crippen LogP contribution in [0.1, 0.15) is 52.9 Å². The maximum absolute atomic E-state index is 3.73. The second-order valence-electron chi connectivity index (χ2n) is 4.92. The molecule has 0 radical (unpaired) electrons. The van der Waals surface area contributed by atoms with E-state index >= 15 is 0 Å². The maximum atomic E-state index is 3.73. The van der Waals surface area contributed by atoms with Crippen LogP contribution in [-0.4, -0.2) is 34.6 Å². The molecule has 1 rings (SSSR count). The molecule has 3 unspecified atom stereocenters. The minimum absolute atomic E-state index is 0.740. The van der Waals surface area contributed by atoms with E-state index in [0.29, 0.717) is 0 Å². The molecule has 0 aromatic rings. The highest BCUT2D eigenvalue weighted by Gasteiger charge is 2.29. The van der Waals surface area contributed by atoms with Crippen molar-refractivity contribution in [1.82, 2.24) is 5.32 Å². The molecule has 1 heterocycles. The molecule has 0 aromatic heterocycles. The lowest BCUT2D eigenvalue weighted by atomic mass is 10.0. The summed E-state index contributed by atoms with van der Waals surface area (Å²) in [7, 11) is 0. The Morgan fingerprint density at radius 2 is 1.88 bits per heavy atom. The van der Waals surface area contributed by atoms with Crippen molar-refractivity contribution in [1.29, 1.82) is 0 Å². The first-order valence-electron chi connectivity index (χ1n) is 7.26. The zero-order valence-corrected chi connectivity index (χ0v) is 13.3. The van der Waals surface area contributed by atoms with E-state index in [1.54, 1.807) is 0 Å². The average molecular weight is 276 g/mol. The van der Waals surface area contributed by atoms with Gasteiger partial charge in [-0.15, -0.1) is 0 Å². The molecule has 102 valence electrons. The highest BCUT2D eigenvalue weighted by Crippen LogP contribution is 2.34. The van der Waals surface area contributed by atoms with E-state index in [0.717, 1.165) is 23.1 Å². The second kappa shape index (κ2) is 9.57. The first kappa shape index (κ1) is 15.7. The third kappa shape index (κ3) is 5.89. The minimum atomic E-state index is 0.740. The van der Waals surface area contributed by atoms with Gasteiger partial charge in [0.15, 0.2) is 0 Å². The predicted molar refractivity (Wildman–Crippen MR) is 84.4 cm³/mol. The SMILES string of the molecule is CCCCCCC(NCC)C1SCCSC1C.